The van der Waals surface area contributed by atoms with Crippen molar-refractivity contribution in [2.75, 3.05) is 37.6 Å². The Morgan fingerprint density at radius 3 is 2.50 bits per heavy atom. The maximum absolute atomic E-state index is 4.32. The van der Waals surface area contributed by atoms with Gasteiger partial charge < -0.3 is 4.90 Å². The summed E-state index contributed by atoms with van der Waals surface area (Å²) in [6.45, 7) is 5.29. The highest BCUT2D eigenvalue weighted by Crippen LogP contribution is 2.20. The number of halogens is 1. The highest BCUT2D eigenvalue weighted by Gasteiger charge is 2.18. The molecule has 1 saturated heterocycles. The van der Waals surface area contributed by atoms with E-state index < -0.39 is 0 Å². The average Bonchev–Trinajstić information content (AvgIpc) is 3.11. The first-order chi connectivity index (χ1) is 10.8. The molecule has 1 fully saturated rings. The molecule has 0 aliphatic carbocycles. The van der Waals surface area contributed by atoms with Crippen LogP contribution in [-0.2, 0) is 0 Å². The lowest BCUT2D eigenvalue weighted by atomic mass is 10.2. The molecular formula is C15H21BrN6. The van der Waals surface area contributed by atoms with Gasteiger partial charge in [-0.3, -0.25) is 9.58 Å². The first-order valence-corrected chi connectivity index (χ1v) is 8.62. The van der Waals surface area contributed by atoms with Gasteiger partial charge in [0.25, 0.3) is 0 Å². The average molecular weight is 365 g/mol. The van der Waals surface area contributed by atoms with Crippen molar-refractivity contribution >= 4 is 21.9 Å². The summed E-state index contributed by atoms with van der Waals surface area (Å²) in [4.78, 5) is 13.7. The predicted octanol–water partition coefficient (Wildman–Crippen LogP) is 2.17. The molecule has 2 aromatic rings. The number of hydrogen-bond acceptors (Lipinski definition) is 5. The number of piperazine rings is 1. The van der Waals surface area contributed by atoms with Crippen molar-refractivity contribution in [2.24, 2.45) is 0 Å². The molecule has 22 heavy (non-hydrogen) atoms. The minimum Gasteiger partial charge on any atom is -0.338 e. The smallest absolute Gasteiger partial charge is 0.225 e. The van der Waals surface area contributed by atoms with Crippen LogP contribution in [0.2, 0.25) is 0 Å². The van der Waals surface area contributed by atoms with Crippen LogP contribution in [-0.4, -0.2) is 57.4 Å². The van der Waals surface area contributed by atoms with Crippen LogP contribution in [0.15, 0.2) is 36.9 Å². The molecule has 0 N–H and O–H groups in total. The molecule has 2 aromatic heterocycles. The van der Waals surface area contributed by atoms with Crippen LogP contribution in [0.25, 0.3) is 0 Å². The summed E-state index contributed by atoms with van der Waals surface area (Å²) in [5.74, 6) is 0.848. The molecule has 1 atom stereocenters. The topological polar surface area (TPSA) is 50.1 Å². The molecule has 118 valence electrons. The van der Waals surface area contributed by atoms with E-state index in [0.717, 1.165) is 51.5 Å². The van der Waals surface area contributed by atoms with Crippen LogP contribution in [0.5, 0.6) is 0 Å². The number of hydrogen-bond donors (Lipinski definition) is 0. The Morgan fingerprint density at radius 1 is 1.05 bits per heavy atom. The van der Waals surface area contributed by atoms with Crippen LogP contribution in [0.1, 0.15) is 17.8 Å². The third-order valence-corrected chi connectivity index (χ3v) is 4.81. The zero-order chi connectivity index (χ0) is 15.2. The van der Waals surface area contributed by atoms with Crippen molar-refractivity contribution in [3.63, 3.8) is 0 Å². The molecule has 3 heterocycles. The minimum absolute atomic E-state index is 0.293. The molecule has 0 bridgehead atoms. The Bertz CT molecular complexity index is 538. The number of rotatable bonds is 6. The van der Waals surface area contributed by atoms with Gasteiger partial charge in [-0.25, -0.2) is 9.97 Å². The highest BCUT2D eigenvalue weighted by atomic mass is 79.9. The van der Waals surface area contributed by atoms with Crippen LogP contribution >= 0.6 is 15.9 Å². The zero-order valence-corrected chi connectivity index (χ0v) is 14.1. The molecule has 7 heteroatoms. The van der Waals surface area contributed by atoms with Gasteiger partial charge in [0.2, 0.25) is 5.95 Å². The van der Waals surface area contributed by atoms with Crippen molar-refractivity contribution in [2.45, 2.75) is 17.8 Å². The zero-order valence-electron chi connectivity index (χ0n) is 12.6. The van der Waals surface area contributed by atoms with Gasteiger partial charge in [0.1, 0.15) is 4.95 Å². The Labute approximate surface area is 139 Å². The molecule has 0 amide bonds. The predicted molar refractivity (Wildman–Crippen MR) is 90.1 cm³/mol. The van der Waals surface area contributed by atoms with Gasteiger partial charge in [0, 0.05) is 51.0 Å². The summed E-state index contributed by atoms with van der Waals surface area (Å²) in [6.07, 6.45) is 9.68. The fourth-order valence-electron chi connectivity index (χ4n) is 2.69. The van der Waals surface area contributed by atoms with Crippen molar-refractivity contribution in [3.8, 4) is 0 Å². The quantitative estimate of drug-likeness (QED) is 0.735. The molecule has 1 aliphatic heterocycles. The minimum atomic E-state index is 0.293. The van der Waals surface area contributed by atoms with E-state index in [0.29, 0.717) is 4.95 Å². The molecule has 1 aliphatic rings. The van der Waals surface area contributed by atoms with Gasteiger partial charge in [-0.15, -0.1) is 0 Å². The molecule has 1 unspecified atom stereocenters. The lowest BCUT2D eigenvalue weighted by Crippen LogP contribution is -2.47. The lowest BCUT2D eigenvalue weighted by molar-refractivity contribution is 0.249. The Kier molecular flexibility index (Phi) is 5.39. The summed E-state index contributed by atoms with van der Waals surface area (Å²) in [6, 6.07) is 3.81. The van der Waals surface area contributed by atoms with Gasteiger partial charge in [0.05, 0.1) is 0 Å². The van der Waals surface area contributed by atoms with Crippen LogP contribution in [0, 0.1) is 0 Å². The summed E-state index contributed by atoms with van der Waals surface area (Å²) >= 11 is 3.69. The molecular weight excluding hydrogens is 344 g/mol. The van der Waals surface area contributed by atoms with Crippen LogP contribution in [0.3, 0.4) is 0 Å². The van der Waals surface area contributed by atoms with Gasteiger partial charge in [-0.05, 0) is 31.5 Å². The molecule has 3 rings (SSSR count). The summed E-state index contributed by atoms with van der Waals surface area (Å²) in [7, 11) is 0. The molecule has 6 nitrogen and oxygen atoms in total. The largest absolute Gasteiger partial charge is 0.338 e. The molecule has 0 aromatic carbocycles. The van der Waals surface area contributed by atoms with E-state index in [1.807, 2.05) is 29.2 Å². The summed E-state index contributed by atoms with van der Waals surface area (Å²) in [5.41, 5.74) is 0. The summed E-state index contributed by atoms with van der Waals surface area (Å²) in [5, 5.41) is 4.26. The van der Waals surface area contributed by atoms with Crippen molar-refractivity contribution in [1.82, 2.24) is 24.6 Å². The van der Waals surface area contributed by atoms with Crippen LogP contribution in [0.4, 0.5) is 5.95 Å². The second kappa shape index (κ2) is 7.69. The standard InChI is InChI=1S/C15H21BrN6/c16-14(22-9-3-7-19-22)4-1-8-20-10-12-21(13-11-20)15-17-5-2-6-18-15/h2-3,5-7,9,14H,1,4,8,10-13H2. The lowest BCUT2D eigenvalue weighted by Gasteiger charge is -2.34. The second-order valence-electron chi connectivity index (χ2n) is 5.44. The van der Waals surface area contributed by atoms with E-state index in [4.69, 9.17) is 0 Å². The molecule has 0 spiro atoms. The van der Waals surface area contributed by atoms with E-state index >= 15 is 0 Å². The fourth-order valence-corrected chi connectivity index (χ4v) is 3.25. The SMILES string of the molecule is BrC(CCCN1CCN(c2ncccn2)CC1)n1cccn1. The van der Waals surface area contributed by atoms with E-state index in [2.05, 4.69) is 40.8 Å². The highest BCUT2D eigenvalue weighted by molar-refractivity contribution is 9.09. The maximum atomic E-state index is 4.32. The van der Waals surface area contributed by atoms with Crippen LogP contribution < -0.4 is 4.90 Å². The van der Waals surface area contributed by atoms with Crippen molar-refractivity contribution in [3.05, 3.63) is 36.9 Å². The Hall–Kier alpha value is -1.47. The Morgan fingerprint density at radius 2 is 1.82 bits per heavy atom. The maximum Gasteiger partial charge on any atom is 0.225 e. The Balaban J connectivity index is 1.37. The van der Waals surface area contributed by atoms with E-state index in [1.165, 1.54) is 0 Å². The third-order valence-electron chi connectivity index (χ3n) is 3.94. The monoisotopic (exact) mass is 364 g/mol. The number of alkyl halides is 1. The van der Waals surface area contributed by atoms with Crippen molar-refractivity contribution < 1.29 is 0 Å². The number of aromatic nitrogens is 4. The summed E-state index contributed by atoms with van der Waals surface area (Å²) < 4.78 is 1.96. The van der Waals surface area contributed by atoms with Gasteiger partial charge >= 0.3 is 0 Å². The van der Waals surface area contributed by atoms with Gasteiger partial charge in [-0.1, -0.05) is 15.9 Å². The van der Waals surface area contributed by atoms with Crippen molar-refractivity contribution in [1.29, 1.82) is 0 Å². The third kappa shape index (κ3) is 4.04. The first-order valence-electron chi connectivity index (χ1n) is 7.70. The van der Waals surface area contributed by atoms with Gasteiger partial charge in [-0.2, -0.15) is 5.10 Å². The number of nitrogens with zero attached hydrogens (tertiary/aromatic N) is 6. The normalized spacial score (nSPS) is 17.6. The van der Waals surface area contributed by atoms with E-state index in [9.17, 15) is 0 Å². The fraction of sp³-hybridized carbons (Fsp3) is 0.533. The van der Waals surface area contributed by atoms with E-state index in [-0.39, 0.29) is 0 Å². The molecule has 0 radical (unpaired) electrons. The molecule has 0 saturated carbocycles. The first kappa shape index (κ1) is 15.4. The second-order valence-corrected chi connectivity index (χ2v) is 6.50. The number of anilines is 1. The van der Waals surface area contributed by atoms with Gasteiger partial charge in [0.15, 0.2) is 0 Å². The van der Waals surface area contributed by atoms with E-state index in [1.54, 1.807) is 12.4 Å².